The predicted molar refractivity (Wildman–Crippen MR) is 136 cm³/mol. The number of hydrogen-bond donors (Lipinski definition) is 1. The molecule has 1 amide bonds. The fraction of sp³-hybridized carbons (Fsp3) is 0.259. The zero-order valence-electron chi connectivity index (χ0n) is 19.4. The Labute approximate surface area is 204 Å². The third-order valence-corrected chi connectivity index (χ3v) is 5.54. The van der Waals surface area contributed by atoms with E-state index in [-0.39, 0.29) is 11.3 Å². The van der Waals surface area contributed by atoms with Crippen LogP contribution in [0.5, 0.6) is 11.5 Å². The number of halogens is 1. The minimum absolute atomic E-state index is 0.0375. The molecule has 0 aliphatic rings. The first-order valence-corrected chi connectivity index (χ1v) is 11.6. The summed E-state index contributed by atoms with van der Waals surface area (Å²) in [6.45, 7) is 9.25. The highest BCUT2D eigenvalue weighted by atomic mass is 79.9. The normalized spacial score (nSPS) is 11.4. The molecule has 0 heterocycles. The van der Waals surface area contributed by atoms with Crippen molar-refractivity contribution in [3.05, 3.63) is 93.5 Å². The average Bonchev–Trinajstić information content (AvgIpc) is 2.79. The lowest BCUT2D eigenvalue weighted by atomic mass is 9.87. The number of hydrazone groups is 1. The van der Waals surface area contributed by atoms with Crippen LogP contribution in [0.4, 0.5) is 0 Å². The molecule has 0 aromatic heterocycles. The molecule has 3 aromatic rings. The second-order valence-electron chi connectivity index (χ2n) is 8.56. The Balaban J connectivity index is 1.69. The molecule has 0 saturated heterocycles. The van der Waals surface area contributed by atoms with Crippen molar-refractivity contribution < 1.29 is 14.3 Å². The molecule has 6 heteroatoms. The van der Waals surface area contributed by atoms with E-state index in [1.165, 1.54) is 5.56 Å². The molecular weight excluding hydrogens is 480 g/mol. The zero-order chi connectivity index (χ0) is 23.8. The van der Waals surface area contributed by atoms with Crippen LogP contribution in [0.3, 0.4) is 0 Å². The van der Waals surface area contributed by atoms with Gasteiger partial charge in [0.05, 0.1) is 17.3 Å². The molecule has 172 valence electrons. The van der Waals surface area contributed by atoms with Crippen molar-refractivity contribution in [2.75, 3.05) is 6.61 Å². The van der Waals surface area contributed by atoms with Crippen molar-refractivity contribution in [2.24, 2.45) is 5.10 Å². The van der Waals surface area contributed by atoms with Crippen LogP contribution in [-0.4, -0.2) is 18.7 Å². The number of hydrogen-bond acceptors (Lipinski definition) is 4. The van der Waals surface area contributed by atoms with Gasteiger partial charge in [-0.3, -0.25) is 4.79 Å². The van der Waals surface area contributed by atoms with E-state index in [2.05, 4.69) is 47.2 Å². The second kappa shape index (κ2) is 11.1. The molecule has 33 heavy (non-hydrogen) atoms. The highest BCUT2D eigenvalue weighted by Crippen LogP contribution is 2.37. The Hall–Kier alpha value is -3.12. The van der Waals surface area contributed by atoms with Crippen molar-refractivity contribution in [1.29, 1.82) is 0 Å². The summed E-state index contributed by atoms with van der Waals surface area (Å²) < 4.78 is 12.5. The van der Waals surface area contributed by atoms with E-state index >= 15 is 0 Å². The van der Waals surface area contributed by atoms with Crippen molar-refractivity contribution in [3.8, 4) is 11.5 Å². The number of carbonyl (C=O) groups is 1. The molecule has 0 unspecified atom stereocenters. The summed E-state index contributed by atoms with van der Waals surface area (Å²) >= 11 is 3.57. The first kappa shape index (κ1) is 24.5. The van der Waals surface area contributed by atoms with Gasteiger partial charge >= 0.3 is 0 Å². The zero-order valence-corrected chi connectivity index (χ0v) is 21.0. The van der Waals surface area contributed by atoms with Gasteiger partial charge in [0.2, 0.25) is 0 Å². The summed E-state index contributed by atoms with van der Waals surface area (Å²) in [4.78, 5) is 12.4. The van der Waals surface area contributed by atoms with E-state index in [9.17, 15) is 4.79 Å². The van der Waals surface area contributed by atoms with E-state index in [0.29, 0.717) is 30.3 Å². The van der Waals surface area contributed by atoms with Crippen LogP contribution in [0.2, 0.25) is 0 Å². The monoisotopic (exact) mass is 508 g/mol. The number of ether oxygens (including phenoxy) is 2. The SMILES string of the molecule is CCOc1cc(/C=N\NC(=O)c2ccc(C(C)(C)C)cc2)cc(Br)c1OCc1ccccc1. The molecular formula is C27H29BrN2O3. The van der Waals surface area contributed by atoms with Crippen LogP contribution in [0, 0.1) is 0 Å². The molecule has 0 atom stereocenters. The molecule has 5 nitrogen and oxygen atoms in total. The Morgan fingerprint density at radius 2 is 1.73 bits per heavy atom. The molecule has 0 radical (unpaired) electrons. The predicted octanol–water partition coefficient (Wildman–Crippen LogP) is 6.49. The van der Waals surface area contributed by atoms with Crippen LogP contribution in [0.1, 0.15) is 54.7 Å². The molecule has 3 aromatic carbocycles. The van der Waals surface area contributed by atoms with Crippen LogP contribution in [-0.2, 0) is 12.0 Å². The topological polar surface area (TPSA) is 59.9 Å². The molecule has 0 aliphatic carbocycles. The Bertz CT molecular complexity index is 1100. The summed E-state index contributed by atoms with van der Waals surface area (Å²) in [5.74, 6) is 0.966. The number of nitrogens with zero attached hydrogens (tertiary/aromatic N) is 1. The minimum atomic E-state index is -0.265. The highest BCUT2D eigenvalue weighted by molar-refractivity contribution is 9.10. The lowest BCUT2D eigenvalue weighted by molar-refractivity contribution is 0.0955. The van der Waals surface area contributed by atoms with E-state index < -0.39 is 0 Å². The molecule has 0 saturated carbocycles. The van der Waals surface area contributed by atoms with Crippen molar-refractivity contribution in [3.63, 3.8) is 0 Å². The number of rotatable bonds is 8. The number of carbonyl (C=O) groups excluding carboxylic acids is 1. The van der Waals surface area contributed by atoms with Crippen molar-refractivity contribution in [2.45, 2.75) is 39.7 Å². The van der Waals surface area contributed by atoms with Gasteiger partial charge in [-0.15, -0.1) is 0 Å². The van der Waals surface area contributed by atoms with Gasteiger partial charge < -0.3 is 9.47 Å². The Morgan fingerprint density at radius 1 is 1.03 bits per heavy atom. The van der Waals surface area contributed by atoms with E-state index in [1.807, 2.05) is 73.7 Å². The van der Waals surface area contributed by atoms with Crippen LogP contribution < -0.4 is 14.9 Å². The molecule has 0 fully saturated rings. The van der Waals surface area contributed by atoms with Gasteiger partial charge in [0.15, 0.2) is 11.5 Å². The highest BCUT2D eigenvalue weighted by Gasteiger charge is 2.15. The fourth-order valence-corrected chi connectivity index (χ4v) is 3.72. The molecule has 0 spiro atoms. The summed E-state index contributed by atoms with van der Waals surface area (Å²) in [6.07, 6.45) is 1.58. The van der Waals surface area contributed by atoms with E-state index in [4.69, 9.17) is 9.47 Å². The van der Waals surface area contributed by atoms with Crippen LogP contribution in [0.25, 0.3) is 0 Å². The Morgan fingerprint density at radius 3 is 2.36 bits per heavy atom. The van der Waals surface area contributed by atoms with Crippen molar-refractivity contribution >= 4 is 28.1 Å². The standard InChI is InChI=1S/C27H29BrN2O3/c1-5-32-24-16-20(15-23(28)25(24)33-18-19-9-7-6-8-10-19)17-29-30-26(31)21-11-13-22(14-12-21)27(2,3)4/h6-17H,5,18H2,1-4H3,(H,30,31)/b29-17-. The molecule has 1 N–H and O–H groups in total. The lowest BCUT2D eigenvalue weighted by Gasteiger charge is -2.18. The number of amides is 1. The largest absolute Gasteiger partial charge is 0.490 e. The van der Waals surface area contributed by atoms with Gasteiger partial charge in [-0.25, -0.2) is 5.43 Å². The lowest BCUT2D eigenvalue weighted by Crippen LogP contribution is -2.18. The second-order valence-corrected chi connectivity index (χ2v) is 9.42. The number of nitrogens with one attached hydrogen (secondary N) is 1. The van der Waals surface area contributed by atoms with Gasteiger partial charge in [-0.2, -0.15) is 5.10 Å². The fourth-order valence-electron chi connectivity index (χ4n) is 3.15. The summed E-state index contributed by atoms with van der Waals surface area (Å²) in [5, 5.41) is 4.11. The molecule has 3 rings (SSSR count). The minimum Gasteiger partial charge on any atom is -0.490 e. The quantitative estimate of drug-likeness (QED) is 0.279. The van der Waals surface area contributed by atoms with Gasteiger partial charge in [-0.1, -0.05) is 63.2 Å². The Kier molecular flexibility index (Phi) is 8.28. The maximum absolute atomic E-state index is 12.4. The van der Waals surface area contributed by atoms with Crippen LogP contribution in [0.15, 0.2) is 76.3 Å². The average molecular weight is 509 g/mol. The van der Waals surface area contributed by atoms with Gasteiger partial charge in [-0.05, 0) is 69.2 Å². The van der Waals surface area contributed by atoms with Crippen molar-refractivity contribution in [1.82, 2.24) is 5.43 Å². The van der Waals surface area contributed by atoms with Gasteiger partial charge in [0.25, 0.3) is 5.91 Å². The molecule has 0 aliphatic heterocycles. The van der Waals surface area contributed by atoms with Gasteiger partial charge in [0.1, 0.15) is 6.61 Å². The summed E-state index contributed by atoms with van der Waals surface area (Å²) in [5.41, 5.74) is 6.18. The maximum atomic E-state index is 12.4. The molecule has 0 bridgehead atoms. The third-order valence-electron chi connectivity index (χ3n) is 4.95. The first-order valence-electron chi connectivity index (χ1n) is 10.8. The summed E-state index contributed by atoms with van der Waals surface area (Å²) in [6, 6.07) is 21.2. The number of benzene rings is 3. The van der Waals surface area contributed by atoms with Gasteiger partial charge in [0, 0.05) is 5.56 Å². The van der Waals surface area contributed by atoms with Crippen LogP contribution >= 0.6 is 15.9 Å². The maximum Gasteiger partial charge on any atom is 0.271 e. The van der Waals surface area contributed by atoms with E-state index in [0.717, 1.165) is 15.6 Å². The smallest absolute Gasteiger partial charge is 0.271 e. The van der Waals surface area contributed by atoms with E-state index in [1.54, 1.807) is 6.21 Å². The summed E-state index contributed by atoms with van der Waals surface area (Å²) in [7, 11) is 0. The first-order chi connectivity index (χ1) is 15.8. The third kappa shape index (κ3) is 6.93.